The zero-order chi connectivity index (χ0) is 39.0. The van der Waals surface area contributed by atoms with Gasteiger partial charge in [0, 0.05) is 82.5 Å². The van der Waals surface area contributed by atoms with E-state index in [-0.39, 0.29) is 30.7 Å². The van der Waals surface area contributed by atoms with Gasteiger partial charge in [0.1, 0.15) is 12.1 Å². The van der Waals surface area contributed by atoms with Crippen LogP contribution in [0.2, 0.25) is 0 Å². The van der Waals surface area contributed by atoms with Crippen molar-refractivity contribution < 1.29 is 27.6 Å². The summed E-state index contributed by atoms with van der Waals surface area (Å²) in [6.45, 7) is 5.47. The quantitative estimate of drug-likeness (QED) is 0.175. The summed E-state index contributed by atoms with van der Waals surface area (Å²) in [5, 5.41) is 11.7. The highest BCUT2D eigenvalue weighted by atomic mass is 32.2. The summed E-state index contributed by atoms with van der Waals surface area (Å²) < 4.78 is 32.2. The van der Waals surface area contributed by atoms with Crippen molar-refractivity contribution in [1.29, 1.82) is 0 Å². The number of unbranched alkanes of at least 4 members (excludes halogenated alkanes) is 2. The molecule has 6 bridgehead atoms. The molecule has 5 aliphatic heterocycles. The molecule has 4 amide bonds. The van der Waals surface area contributed by atoms with Gasteiger partial charge in [-0.15, -0.1) is 0 Å². The Morgan fingerprint density at radius 2 is 1.25 bits per heavy atom. The third kappa shape index (κ3) is 14.6. The number of hydrogen-bond acceptors (Lipinski definition) is 9. The Bertz CT molecular complexity index is 1660. The van der Waals surface area contributed by atoms with E-state index in [0.29, 0.717) is 56.0 Å². The Hall–Kier alpha value is -3.93. The Morgan fingerprint density at radius 3 is 1.80 bits per heavy atom. The number of nitrogens with one attached hydrogen (secondary N) is 6. The molecule has 302 valence electrons. The first-order valence-electron chi connectivity index (χ1n) is 19.9. The van der Waals surface area contributed by atoms with Gasteiger partial charge >= 0.3 is 0 Å². The maximum atomic E-state index is 14.1. The van der Waals surface area contributed by atoms with E-state index in [1.165, 1.54) is 0 Å². The Morgan fingerprint density at radius 1 is 0.709 bits per heavy atom. The van der Waals surface area contributed by atoms with Gasteiger partial charge in [0.2, 0.25) is 23.6 Å². The number of fused-ring (bicyclic) bond motifs is 3. The zero-order valence-electron chi connectivity index (χ0n) is 31.8. The number of rotatable bonds is 10. The average Bonchev–Trinajstić information content (AvgIpc) is 3.17. The van der Waals surface area contributed by atoms with Crippen LogP contribution in [0.1, 0.15) is 75.3 Å². The number of carbonyl (C=O) groups is 4. The monoisotopic (exact) mass is 781 g/mol. The summed E-state index contributed by atoms with van der Waals surface area (Å²) in [5.41, 5.74) is 8.24. The van der Waals surface area contributed by atoms with E-state index in [9.17, 15) is 27.6 Å². The van der Waals surface area contributed by atoms with Crippen LogP contribution in [0.25, 0.3) is 0 Å². The van der Waals surface area contributed by atoms with Crippen molar-refractivity contribution in [1.82, 2.24) is 29.9 Å². The van der Waals surface area contributed by atoms with E-state index in [2.05, 4.69) is 40.5 Å². The summed E-state index contributed by atoms with van der Waals surface area (Å²) in [6.07, 6.45) is 7.53. The molecule has 2 atom stereocenters. The number of piperazine rings is 1. The highest BCUT2D eigenvalue weighted by Gasteiger charge is 2.31. The fourth-order valence-electron chi connectivity index (χ4n) is 7.23. The molecule has 8 rings (SSSR count). The number of nitrogens with two attached hydrogens (primary N) is 1. The van der Waals surface area contributed by atoms with Crippen LogP contribution < -0.4 is 36.4 Å². The molecule has 1 aliphatic carbocycles. The third-order valence-electron chi connectivity index (χ3n) is 10.5. The van der Waals surface area contributed by atoms with Crippen LogP contribution in [0.5, 0.6) is 0 Å². The normalized spacial score (nSPS) is 23.8. The van der Waals surface area contributed by atoms with Crippen LogP contribution in [-0.4, -0.2) is 112 Å². The Kier molecular flexibility index (Phi) is 16.4. The van der Waals surface area contributed by atoms with E-state index in [1.54, 1.807) is 48.5 Å². The summed E-state index contributed by atoms with van der Waals surface area (Å²) in [6, 6.07) is 11.7. The Balaban J connectivity index is 1.38. The van der Waals surface area contributed by atoms with E-state index >= 15 is 0 Å². The van der Waals surface area contributed by atoms with E-state index in [4.69, 9.17) is 5.73 Å². The minimum atomic E-state index is -4.11. The number of benzene rings is 2. The summed E-state index contributed by atoms with van der Waals surface area (Å²) in [4.78, 5) is 57.9. The van der Waals surface area contributed by atoms with Crippen molar-refractivity contribution in [2.45, 2.75) is 95.2 Å². The molecule has 0 unspecified atom stereocenters. The smallest absolute Gasteiger partial charge is 0.277 e. The minimum absolute atomic E-state index is 0.000559. The van der Waals surface area contributed by atoms with Gasteiger partial charge in [-0.3, -0.25) is 19.2 Å². The number of anilines is 2. The molecule has 1 saturated heterocycles. The maximum absolute atomic E-state index is 14.1. The fourth-order valence-corrected chi connectivity index (χ4v) is 8.54. The van der Waals surface area contributed by atoms with Crippen molar-refractivity contribution in [3.8, 4) is 0 Å². The second-order valence-electron chi connectivity index (χ2n) is 14.9. The van der Waals surface area contributed by atoms with E-state index in [0.717, 1.165) is 83.1 Å². The van der Waals surface area contributed by atoms with Gasteiger partial charge in [0.25, 0.3) is 10.2 Å². The van der Waals surface area contributed by atoms with Crippen molar-refractivity contribution in [3.05, 3.63) is 59.7 Å². The summed E-state index contributed by atoms with van der Waals surface area (Å²) >= 11 is 0. The molecular weight excluding hydrogens is 723 g/mol. The molecule has 2 fully saturated rings. The zero-order valence-corrected chi connectivity index (χ0v) is 32.6. The fraction of sp³-hybridized carbons (Fsp3) is 0.590. The molecule has 6 aliphatic rings. The first kappa shape index (κ1) is 42.2. The molecule has 5 heterocycles. The predicted octanol–water partition coefficient (Wildman–Crippen LogP) is 1.62. The highest BCUT2D eigenvalue weighted by Crippen LogP contribution is 2.19. The Labute approximate surface area is 325 Å². The lowest BCUT2D eigenvalue weighted by atomic mass is 9.96. The first-order valence-corrected chi connectivity index (χ1v) is 21.3. The largest absolute Gasteiger partial charge is 0.354 e. The lowest BCUT2D eigenvalue weighted by molar-refractivity contribution is -0.129. The van der Waals surface area contributed by atoms with Crippen LogP contribution in [0.3, 0.4) is 0 Å². The van der Waals surface area contributed by atoms with Gasteiger partial charge in [-0.2, -0.15) is 17.9 Å². The van der Waals surface area contributed by atoms with Gasteiger partial charge in [-0.05, 0) is 74.0 Å². The minimum Gasteiger partial charge on any atom is -0.354 e. The van der Waals surface area contributed by atoms with Gasteiger partial charge in [0.05, 0.1) is 0 Å². The van der Waals surface area contributed by atoms with E-state index < -0.39 is 34.1 Å². The molecule has 55 heavy (non-hydrogen) atoms. The molecule has 15 nitrogen and oxygen atoms in total. The second kappa shape index (κ2) is 21.4. The molecule has 0 radical (unpaired) electrons. The van der Waals surface area contributed by atoms with Gasteiger partial charge < -0.3 is 36.8 Å². The SMILES string of the molecule is NCCCCCNC(=O)[C@@H]1Cc2ccc(cc2)NC(=O)CCN2CCN(CCC(=O)Nc3ccc(cc3)C[C@@H](NS(=O)(=O)NC3CCCCC3)C(=O)N1)CC2. The average molecular weight is 782 g/mol. The topological polar surface area (TPSA) is 207 Å². The lowest BCUT2D eigenvalue weighted by Crippen LogP contribution is -2.57. The summed E-state index contributed by atoms with van der Waals surface area (Å²) in [5.74, 6) is -1.27. The van der Waals surface area contributed by atoms with Crippen molar-refractivity contribution in [2.75, 3.05) is 63.0 Å². The van der Waals surface area contributed by atoms with Crippen LogP contribution in [0, 0.1) is 0 Å². The van der Waals surface area contributed by atoms with Crippen LogP contribution in [0.15, 0.2) is 48.5 Å². The first-order chi connectivity index (χ1) is 26.5. The standard InChI is InChI=1S/C39H59N9O6S/c40-19-5-2-6-20-41-38(51)34-27-29-9-13-31(14-10-29)42-36(49)17-21-47-23-25-48(26-24-47)22-18-37(50)43-32-15-11-30(12-16-32)28-35(39(52)44-34)46-55(53,54)45-33-7-3-1-4-8-33/h9-16,33-35,45-46H,1-8,17-28,40H2,(H,41,51)(H,42,49)(H,43,50)(H,44,52)/t34-,35+/m0/s1. The van der Waals surface area contributed by atoms with Crippen LogP contribution >= 0.6 is 0 Å². The van der Waals surface area contributed by atoms with Gasteiger partial charge in [0.15, 0.2) is 0 Å². The lowest BCUT2D eigenvalue weighted by Gasteiger charge is -2.34. The molecule has 0 spiro atoms. The molecule has 2 aromatic carbocycles. The molecule has 8 N–H and O–H groups in total. The third-order valence-corrected chi connectivity index (χ3v) is 11.7. The predicted molar refractivity (Wildman–Crippen MR) is 213 cm³/mol. The number of nitrogens with zero attached hydrogens (tertiary/aromatic N) is 2. The second-order valence-corrected chi connectivity index (χ2v) is 16.4. The molecule has 16 heteroatoms. The van der Waals surface area contributed by atoms with Gasteiger partial charge in [-0.25, -0.2) is 0 Å². The molecule has 0 aromatic heterocycles. The van der Waals surface area contributed by atoms with Crippen molar-refractivity contribution in [3.63, 3.8) is 0 Å². The van der Waals surface area contributed by atoms with Crippen LogP contribution in [-0.2, 0) is 42.2 Å². The highest BCUT2D eigenvalue weighted by molar-refractivity contribution is 7.87. The van der Waals surface area contributed by atoms with E-state index in [1.807, 2.05) is 0 Å². The van der Waals surface area contributed by atoms with Crippen LogP contribution in [0.4, 0.5) is 11.4 Å². The number of amides is 4. The summed E-state index contributed by atoms with van der Waals surface area (Å²) in [7, 11) is -4.11. The van der Waals surface area contributed by atoms with Crippen molar-refractivity contribution in [2.24, 2.45) is 5.73 Å². The van der Waals surface area contributed by atoms with Crippen molar-refractivity contribution >= 4 is 45.2 Å². The molecular formula is C39H59N9O6S. The number of hydrogen-bond donors (Lipinski definition) is 7. The molecule has 1 saturated carbocycles. The molecule has 2 aromatic rings. The number of carbonyl (C=O) groups excluding carboxylic acids is 4. The van der Waals surface area contributed by atoms with Gasteiger partial charge in [-0.1, -0.05) is 49.9 Å². The maximum Gasteiger partial charge on any atom is 0.277 e.